The van der Waals surface area contributed by atoms with Crippen molar-refractivity contribution in [2.45, 2.75) is 15.6 Å². The number of halogens is 1. The lowest BCUT2D eigenvalue weighted by Gasteiger charge is -2.02. The molecular formula is C11H10FNS2. The number of benzene rings is 1. The van der Waals surface area contributed by atoms with E-state index in [4.69, 9.17) is 5.73 Å². The molecule has 0 saturated carbocycles. The average molecular weight is 239 g/mol. The third-order valence-electron chi connectivity index (χ3n) is 1.94. The quantitative estimate of drug-likeness (QED) is 0.887. The van der Waals surface area contributed by atoms with Gasteiger partial charge in [0.1, 0.15) is 5.82 Å². The SMILES string of the molecule is NCc1ccc(Sc2cccs2)c(F)c1. The summed E-state index contributed by atoms with van der Waals surface area (Å²) < 4.78 is 14.6. The van der Waals surface area contributed by atoms with E-state index in [1.807, 2.05) is 23.6 Å². The molecule has 0 unspecified atom stereocenters. The minimum atomic E-state index is -0.198. The molecular weight excluding hydrogens is 229 g/mol. The van der Waals surface area contributed by atoms with Crippen molar-refractivity contribution < 1.29 is 4.39 Å². The topological polar surface area (TPSA) is 26.0 Å². The van der Waals surface area contributed by atoms with Gasteiger partial charge in [-0.15, -0.1) is 11.3 Å². The van der Waals surface area contributed by atoms with Crippen LogP contribution in [0.3, 0.4) is 0 Å². The van der Waals surface area contributed by atoms with Gasteiger partial charge in [-0.1, -0.05) is 23.9 Å². The molecule has 1 aromatic carbocycles. The van der Waals surface area contributed by atoms with Gasteiger partial charge in [0.25, 0.3) is 0 Å². The Morgan fingerprint density at radius 1 is 1.33 bits per heavy atom. The number of hydrogen-bond acceptors (Lipinski definition) is 3. The Hall–Kier alpha value is -0.840. The van der Waals surface area contributed by atoms with E-state index in [0.717, 1.165) is 9.77 Å². The van der Waals surface area contributed by atoms with Gasteiger partial charge in [-0.2, -0.15) is 0 Å². The Labute approximate surface area is 96.1 Å². The monoisotopic (exact) mass is 239 g/mol. The van der Waals surface area contributed by atoms with Crippen molar-refractivity contribution in [2.75, 3.05) is 0 Å². The first-order valence-corrected chi connectivity index (χ1v) is 6.19. The number of rotatable bonds is 3. The molecule has 1 heterocycles. The van der Waals surface area contributed by atoms with Gasteiger partial charge < -0.3 is 5.73 Å². The largest absolute Gasteiger partial charge is 0.326 e. The van der Waals surface area contributed by atoms with E-state index < -0.39 is 0 Å². The molecule has 78 valence electrons. The predicted molar refractivity (Wildman–Crippen MR) is 62.7 cm³/mol. The molecule has 0 fully saturated rings. The fourth-order valence-electron chi connectivity index (χ4n) is 1.18. The molecule has 1 nitrogen and oxygen atoms in total. The molecule has 2 aromatic rings. The standard InChI is InChI=1S/C11H10FNS2/c12-9-6-8(7-13)3-4-10(9)15-11-2-1-5-14-11/h1-6H,7,13H2. The molecule has 0 radical (unpaired) electrons. The summed E-state index contributed by atoms with van der Waals surface area (Å²) in [5.74, 6) is -0.198. The first kappa shape index (κ1) is 10.7. The molecule has 0 amide bonds. The predicted octanol–water partition coefficient (Wildman–Crippen LogP) is 3.50. The van der Waals surface area contributed by atoms with Crippen LogP contribution in [-0.4, -0.2) is 0 Å². The smallest absolute Gasteiger partial charge is 0.137 e. The summed E-state index contributed by atoms with van der Waals surface area (Å²) in [4.78, 5) is 0.648. The van der Waals surface area contributed by atoms with Gasteiger partial charge in [-0.05, 0) is 29.1 Å². The zero-order valence-corrected chi connectivity index (χ0v) is 9.58. The highest BCUT2D eigenvalue weighted by Crippen LogP contribution is 2.33. The third kappa shape index (κ3) is 2.59. The summed E-state index contributed by atoms with van der Waals surface area (Å²) >= 11 is 3.05. The second-order valence-electron chi connectivity index (χ2n) is 3.00. The first-order chi connectivity index (χ1) is 7.29. The molecule has 2 rings (SSSR count). The molecule has 0 spiro atoms. The lowest BCUT2D eigenvalue weighted by molar-refractivity contribution is 0.599. The molecule has 0 bridgehead atoms. The van der Waals surface area contributed by atoms with Gasteiger partial charge >= 0.3 is 0 Å². The Bertz CT molecular complexity index is 440. The van der Waals surface area contributed by atoms with Crippen LogP contribution in [0.2, 0.25) is 0 Å². The Morgan fingerprint density at radius 2 is 2.20 bits per heavy atom. The fourth-order valence-corrected chi connectivity index (χ4v) is 2.92. The summed E-state index contributed by atoms with van der Waals surface area (Å²) in [5, 5.41) is 1.98. The number of hydrogen-bond donors (Lipinski definition) is 1. The fraction of sp³-hybridized carbons (Fsp3) is 0.0909. The second-order valence-corrected chi connectivity index (χ2v) is 5.29. The van der Waals surface area contributed by atoms with Crippen LogP contribution in [0.25, 0.3) is 0 Å². The van der Waals surface area contributed by atoms with Crippen LogP contribution in [-0.2, 0) is 6.54 Å². The molecule has 0 atom stereocenters. The van der Waals surface area contributed by atoms with Gasteiger partial charge in [0.05, 0.1) is 4.21 Å². The molecule has 0 aliphatic rings. The summed E-state index contributed by atoms with van der Waals surface area (Å²) in [6, 6.07) is 9.07. The Kier molecular flexibility index (Phi) is 3.41. The van der Waals surface area contributed by atoms with Crippen molar-refractivity contribution in [3.05, 3.63) is 47.1 Å². The van der Waals surface area contributed by atoms with E-state index >= 15 is 0 Å². The molecule has 0 aliphatic carbocycles. The van der Waals surface area contributed by atoms with Crippen LogP contribution in [0, 0.1) is 5.82 Å². The highest BCUT2D eigenvalue weighted by molar-refractivity contribution is 8.01. The first-order valence-electron chi connectivity index (χ1n) is 4.49. The molecule has 4 heteroatoms. The minimum Gasteiger partial charge on any atom is -0.326 e. The maximum Gasteiger partial charge on any atom is 0.137 e. The molecule has 2 N–H and O–H groups in total. The molecule has 0 saturated heterocycles. The summed E-state index contributed by atoms with van der Waals surface area (Å²) in [7, 11) is 0. The maximum absolute atomic E-state index is 13.6. The van der Waals surface area contributed by atoms with Crippen LogP contribution < -0.4 is 5.73 Å². The number of nitrogens with two attached hydrogens (primary N) is 1. The maximum atomic E-state index is 13.6. The Morgan fingerprint density at radius 3 is 2.80 bits per heavy atom. The van der Waals surface area contributed by atoms with Gasteiger partial charge in [0, 0.05) is 11.4 Å². The van der Waals surface area contributed by atoms with E-state index in [2.05, 4.69) is 0 Å². The lowest BCUT2D eigenvalue weighted by Crippen LogP contribution is -1.96. The van der Waals surface area contributed by atoms with E-state index in [0.29, 0.717) is 11.4 Å². The Balaban J connectivity index is 2.22. The van der Waals surface area contributed by atoms with Gasteiger partial charge in [0.15, 0.2) is 0 Å². The van der Waals surface area contributed by atoms with Gasteiger partial charge in [0.2, 0.25) is 0 Å². The minimum absolute atomic E-state index is 0.198. The summed E-state index contributed by atoms with van der Waals surface area (Å²) in [5.41, 5.74) is 6.26. The molecule has 15 heavy (non-hydrogen) atoms. The van der Waals surface area contributed by atoms with Crippen molar-refractivity contribution in [1.82, 2.24) is 0 Å². The van der Waals surface area contributed by atoms with Crippen molar-refractivity contribution >= 4 is 23.1 Å². The van der Waals surface area contributed by atoms with Crippen LogP contribution >= 0.6 is 23.1 Å². The highest BCUT2D eigenvalue weighted by atomic mass is 32.2. The van der Waals surface area contributed by atoms with Crippen molar-refractivity contribution in [3.8, 4) is 0 Å². The van der Waals surface area contributed by atoms with E-state index in [1.54, 1.807) is 17.4 Å². The van der Waals surface area contributed by atoms with Gasteiger partial charge in [-0.3, -0.25) is 0 Å². The molecule has 1 aromatic heterocycles. The van der Waals surface area contributed by atoms with Crippen molar-refractivity contribution in [3.63, 3.8) is 0 Å². The van der Waals surface area contributed by atoms with E-state index in [1.165, 1.54) is 17.8 Å². The van der Waals surface area contributed by atoms with Gasteiger partial charge in [-0.25, -0.2) is 4.39 Å². The third-order valence-corrected chi connectivity index (χ3v) is 4.03. The lowest BCUT2D eigenvalue weighted by atomic mass is 10.2. The van der Waals surface area contributed by atoms with Crippen LogP contribution in [0.15, 0.2) is 44.8 Å². The van der Waals surface area contributed by atoms with E-state index in [9.17, 15) is 4.39 Å². The number of thiophene rings is 1. The highest BCUT2D eigenvalue weighted by Gasteiger charge is 2.05. The second kappa shape index (κ2) is 4.79. The van der Waals surface area contributed by atoms with Crippen molar-refractivity contribution in [2.24, 2.45) is 5.73 Å². The molecule has 0 aliphatic heterocycles. The van der Waals surface area contributed by atoms with Crippen LogP contribution in [0.1, 0.15) is 5.56 Å². The normalized spacial score (nSPS) is 10.5. The summed E-state index contributed by atoms with van der Waals surface area (Å²) in [6.07, 6.45) is 0. The van der Waals surface area contributed by atoms with Crippen molar-refractivity contribution in [1.29, 1.82) is 0 Å². The van der Waals surface area contributed by atoms with E-state index in [-0.39, 0.29) is 5.82 Å². The van der Waals surface area contributed by atoms with Crippen LogP contribution in [0.5, 0.6) is 0 Å². The average Bonchev–Trinajstić information content (AvgIpc) is 2.74. The van der Waals surface area contributed by atoms with Crippen LogP contribution in [0.4, 0.5) is 4.39 Å². The zero-order valence-electron chi connectivity index (χ0n) is 7.94. The summed E-state index contributed by atoms with van der Waals surface area (Å²) in [6.45, 7) is 0.376. The zero-order chi connectivity index (χ0) is 10.7.